The highest BCUT2D eigenvalue weighted by Gasteiger charge is 2.57. The topological polar surface area (TPSA) is 43.8 Å². The molecular weight excluding hydrogens is 234 g/mol. The third-order valence-electron chi connectivity index (χ3n) is 4.50. The normalized spacial score (nSPS) is 24.4. The van der Waals surface area contributed by atoms with E-state index in [1.165, 1.54) is 11.1 Å². The lowest BCUT2D eigenvalue weighted by Crippen LogP contribution is -2.05. The van der Waals surface area contributed by atoms with Crippen LogP contribution in [0.5, 0.6) is 0 Å². The standard InChI is InChI=1S/C16H21N3/c1-16(2)14(8-17)15(16)13-9-18-19(11-13)10-12-6-4-3-5-7-12/h3-7,9,11,14-15H,8,10,17H2,1-2H3. The Morgan fingerprint density at radius 3 is 2.63 bits per heavy atom. The average Bonchev–Trinajstić information content (AvgIpc) is 2.72. The van der Waals surface area contributed by atoms with Crippen molar-refractivity contribution >= 4 is 0 Å². The molecule has 0 amide bonds. The van der Waals surface area contributed by atoms with Gasteiger partial charge in [0.15, 0.2) is 0 Å². The van der Waals surface area contributed by atoms with Gasteiger partial charge in [-0.25, -0.2) is 0 Å². The Kier molecular flexibility index (Phi) is 2.94. The highest BCUT2D eigenvalue weighted by Crippen LogP contribution is 2.63. The first-order valence-electron chi connectivity index (χ1n) is 6.89. The summed E-state index contributed by atoms with van der Waals surface area (Å²) in [6.45, 7) is 6.19. The Hall–Kier alpha value is -1.61. The maximum absolute atomic E-state index is 5.84. The summed E-state index contributed by atoms with van der Waals surface area (Å²) in [5, 5.41) is 4.48. The molecule has 0 aliphatic heterocycles. The molecule has 2 aromatic rings. The summed E-state index contributed by atoms with van der Waals surface area (Å²) in [6.07, 6.45) is 4.18. The molecule has 1 heterocycles. The lowest BCUT2D eigenvalue weighted by molar-refractivity contribution is 0.558. The zero-order valence-corrected chi connectivity index (χ0v) is 11.6. The Bertz CT molecular complexity index is 556. The number of nitrogens with zero attached hydrogens (tertiary/aromatic N) is 2. The highest BCUT2D eigenvalue weighted by molar-refractivity contribution is 5.28. The van der Waals surface area contributed by atoms with Gasteiger partial charge < -0.3 is 5.73 Å². The molecule has 100 valence electrons. The van der Waals surface area contributed by atoms with E-state index in [-0.39, 0.29) is 0 Å². The fourth-order valence-electron chi connectivity index (χ4n) is 3.24. The van der Waals surface area contributed by atoms with Crippen molar-refractivity contribution in [2.75, 3.05) is 6.54 Å². The van der Waals surface area contributed by atoms with Crippen LogP contribution >= 0.6 is 0 Å². The first-order chi connectivity index (χ1) is 9.13. The third-order valence-corrected chi connectivity index (χ3v) is 4.50. The van der Waals surface area contributed by atoms with Crippen molar-refractivity contribution in [3.8, 4) is 0 Å². The molecule has 0 radical (unpaired) electrons. The van der Waals surface area contributed by atoms with E-state index in [9.17, 15) is 0 Å². The smallest absolute Gasteiger partial charge is 0.0659 e. The van der Waals surface area contributed by atoms with Crippen LogP contribution < -0.4 is 5.73 Å². The molecule has 1 fully saturated rings. The van der Waals surface area contributed by atoms with Crippen LogP contribution in [0.1, 0.15) is 30.9 Å². The van der Waals surface area contributed by atoms with Gasteiger partial charge in [-0.2, -0.15) is 5.10 Å². The Morgan fingerprint density at radius 2 is 2.00 bits per heavy atom. The number of benzene rings is 1. The molecule has 3 nitrogen and oxygen atoms in total. The minimum absolute atomic E-state index is 0.329. The molecule has 1 saturated carbocycles. The first kappa shape index (κ1) is 12.4. The van der Waals surface area contributed by atoms with E-state index in [1.54, 1.807) is 0 Å². The second-order valence-electron chi connectivity index (χ2n) is 6.10. The predicted octanol–water partition coefficient (Wildman–Crippen LogP) is 2.63. The second-order valence-corrected chi connectivity index (χ2v) is 6.10. The van der Waals surface area contributed by atoms with E-state index in [4.69, 9.17) is 5.73 Å². The predicted molar refractivity (Wildman–Crippen MR) is 76.8 cm³/mol. The van der Waals surface area contributed by atoms with Crippen molar-refractivity contribution in [1.29, 1.82) is 0 Å². The molecule has 1 aliphatic carbocycles. The van der Waals surface area contributed by atoms with Gasteiger partial charge in [-0.1, -0.05) is 44.2 Å². The van der Waals surface area contributed by atoms with E-state index in [0.29, 0.717) is 17.3 Å². The maximum Gasteiger partial charge on any atom is 0.0659 e. The lowest BCUT2D eigenvalue weighted by Gasteiger charge is -2.01. The van der Waals surface area contributed by atoms with Gasteiger partial charge in [0.25, 0.3) is 0 Å². The number of aromatic nitrogens is 2. The molecule has 3 heteroatoms. The van der Waals surface area contributed by atoms with Gasteiger partial charge in [-0.15, -0.1) is 0 Å². The van der Waals surface area contributed by atoms with E-state index in [1.807, 2.05) is 16.9 Å². The molecule has 1 aromatic carbocycles. The van der Waals surface area contributed by atoms with Gasteiger partial charge >= 0.3 is 0 Å². The SMILES string of the molecule is CC1(C)C(CN)C1c1cnn(Cc2ccccc2)c1. The van der Waals surface area contributed by atoms with Crippen molar-refractivity contribution in [1.82, 2.24) is 9.78 Å². The summed E-state index contributed by atoms with van der Waals surface area (Å²) >= 11 is 0. The molecule has 0 spiro atoms. The van der Waals surface area contributed by atoms with E-state index >= 15 is 0 Å². The number of hydrogen-bond acceptors (Lipinski definition) is 2. The zero-order chi connectivity index (χ0) is 13.5. The summed E-state index contributed by atoms with van der Waals surface area (Å²) in [5.41, 5.74) is 8.78. The maximum atomic E-state index is 5.84. The summed E-state index contributed by atoms with van der Waals surface area (Å²) in [4.78, 5) is 0. The second kappa shape index (κ2) is 4.49. The van der Waals surface area contributed by atoms with Crippen LogP contribution in [-0.4, -0.2) is 16.3 Å². The molecule has 2 N–H and O–H groups in total. The molecule has 19 heavy (non-hydrogen) atoms. The Morgan fingerprint density at radius 1 is 1.26 bits per heavy atom. The number of hydrogen-bond donors (Lipinski definition) is 1. The molecule has 2 atom stereocenters. The summed E-state index contributed by atoms with van der Waals surface area (Å²) in [6, 6.07) is 10.4. The van der Waals surface area contributed by atoms with E-state index in [2.05, 4.69) is 49.4 Å². The van der Waals surface area contributed by atoms with Gasteiger partial charge in [0.1, 0.15) is 0 Å². The van der Waals surface area contributed by atoms with Crippen LogP contribution in [-0.2, 0) is 6.54 Å². The van der Waals surface area contributed by atoms with Crippen molar-refractivity contribution < 1.29 is 0 Å². The summed E-state index contributed by atoms with van der Waals surface area (Å²) < 4.78 is 2.02. The molecule has 0 bridgehead atoms. The molecule has 0 saturated heterocycles. The fraction of sp³-hybridized carbons (Fsp3) is 0.438. The van der Waals surface area contributed by atoms with Crippen molar-refractivity contribution in [3.63, 3.8) is 0 Å². The van der Waals surface area contributed by atoms with Gasteiger partial charge in [0, 0.05) is 6.20 Å². The van der Waals surface area contributed by atoms with Crippen LogP contribution in [0.15, 0.2) is 42.7 Å². The quantitative estimate of drug-likeness (QED) is 0.912. The summed E-state index contributed by atoms with van der Waals surface area (Å²) in [5.74, 6) is 1.17. The zero-order valence-electron chi connectivity index (χ0n) is 11.6. The van der Waals surface area contributed by atoms with Gasteiger partial charge in [0.2, 0.25) is 0 Å². The number of nitrogens with two attached hydrogens (primary N) is 1. The minimum atomic E-state index is 0.329. The van der Waals surface area contributed by atoms with E-state index < -0.39 is 0 Å². The Labute approximate surface area is 114 Å². The monoisotopic (exact) mass is 255 g/mol. The van der Waals surface area contributed by atoms with Crippen molar-refractivity contribution in [2.45, 2.75) is 26.3 Å². The first-order valence-corrected chi connectivity index (χ1v) is 6.89. The van der Waals surface area contributed by atoms with Crippen molar-refractivity contribution in [2.24, 2.45) is 17.1 Å². The van der Waals surface area contributed by atoms with Crippen LogP contribution in [0.2, 0.25) is 0 Å². The number of rotatable bonds is 4. The largest absolute Gasteiger partial charge is 0.330 e. The summed E-state index contributed by atoms with van der Waals surface area (Å²) in [7, 11) is 0. The average molecular weight is 255 g/mol. The fourth-order valence-corrected chi connectivity index (χ4v) is 3.24. The van der Waals surface area contributed by atoms with Crippen molar-refractivity contribution in [3.05, 3.63) is 53.9 Å². The molecule has 3 rings (SSSR count). The van der Waals surface area contributed by atoms with Crippen LogP contribution in [0.4, 0.5) is 0 Å². The van der Waals surface area contributed by atoms with E-state index in [0.717, 1.165) is 13.1 Å². The minimum Gasteiger partial charge on any atom is -0.330 e. The Balaban J connectivity index is 1.74. The van der Waals surface area contributed by atoms with Gasteiger partial charge in [0.05, 0.1) is 12.7 Å². The van der Waals surface area contributed by atoms with Gasteiger partial charge in [-0.05, 0) is 34.9 Å². The molecule has 1 aliphatic rings. The molecular formula is C16H21N3. The van der Waals surface area contributed by atoms with Gasteiger partial charge in [-0.3, -0.25) is 4.68 Å². The van der Waals surface area contributed by atoms with Crippen LogP contribution in [0.3, 0.4) is 0 Å². The molecule has 1 aromatic heterocycles. The molecule has 2 unspecified atom stereocenters. The van der Waals surface area contributed by atoms with Crippen LogP contribution in [0.25, 0.3) is 0 Å². The third kappa shape index (κ3) is 2.19. The highest BCUT2D eigenvalue weighted by atomic mass is 15.3. The lowest BCUT2D eigenvalue weighted by atomic mass is 10.1. The van der Waals surface area contributed by atoms with Crippen LogP contribution in [0, 0.1) is 11.3 Å².